The predicted octanol–water partition coefficient (Wildman–Crippen LogP) is 5.77. The molecule has 0 bridgehead atoms. The lowest BCUT2D eigenvalue weighted by molar-refractivity contribution is -0.118. The topological polar surface area (TPSA) is 36.4 Å². The Bertz CT molecular complexity index is 966. The van der Waals surface area contributed by atoms with Gasteiger partial charge in [-0.3, -0.25) is 9.69 Å². The third kappa shape index (κ3) is 6.56. The summed E-state index contributed by atoms with van der Waals surface area (Å²) in [5.41, 5.74) is 3.46. The molecule has 0 atom stereocenters. The lowest BCUT2D eigenvalue weighted by atomic mass is 10.2. The number of benzene rings is 2. The van der Waals surface area contributed by atoms with Crippen LogP contribution in [-0.2, 0) is 4.79 Å². The van der Waals surface area contributed by atoms with Gasteiger partial charge in [0.25, 0.3) is 0 Å². The second-order valence-corrected chi connectivity index (χ2v) is 10.1. The Morgan fingerprint density at radius 3 is 2.47 bits per heavy atom. The molecule has 3 aromatic rings. The second kappa shape index (κ2) is 10.9. The molecule has 3 rings (SSSR count). The van der Waals surface area contributed by atoms with Gasteiger partial charge >= 0.3 is 0 Å². The van der Waals surface area contributed by atoms with Crippen LogP contribution in [0.4, 0.5) is 5.13 Å². The molecule has 0 spiro atoms. The number of fused-ring (bicyclic) bond motifs is 1. The predicted molar refractivity (Wildman–Crippen MR) is 131 cm³/mol. The number of hydrogen-bond donors (Lipinski definition) is 0. The fourth-order valence-electron chi connectivity index (χ4n) is 3.19. The van der Waals surface area contributed by atoms with E-state index in [0.29, 0.717) is 13.0 Å². The maximum atomic E-state index is 13.1. The zero-order chi connectivity index (χ0) is 21.5. The number of hydrogen-bond acceptors (Lipinski definition) is 5. The van der Waals surface area contributed by atoms with Gasteiger partial charge in [0.2, 0.25) is 5.91 Å². The Labute approximate surface area is 188 Å². The monoisotopic (exact) mass is 441 g/mol. The number of carbonyl (C=O) groups is 1. The van der Waals surface area contributed by atoms with Crippen LogP contribution in [0.1, 0.15) is 30.4 Å². The molecule has 0 saturated carbocycles. The van der Waals surface area contributed by atoms with Crippen LogP contribution < -0.4 is 4.90 Å². The first-order valence-corrected chi connectivity index (χ1v) is 12.2. The smallest absolute Gasteiger partial charge is 0.228 e. The zero-order valence-corrected chi connectivity index (χ0v) is 20.0. The summed E-state index contributed by atoms with van der Waals surface area (Å²) in [6, 6.07) is 14.8. The molecule has 0 aliphatic carbocycles. The van der Waals surface area contributed by atoms with Gasteiger partial charge < -0.3 is 4.90 Å². The Morgan fingerprint density at radius 1 is 1.00 bits per heavy atom. The van der Waals surface area contributed by atoms with E-state index in [4.69, 9.17) is 4.98 Å². The Hall–Kier alpha value is -1.89. The van der Waals surface area contributed by atoms with E-state index in [9.17, 15) is 4.79 Å². The largest absolute Gasteiger partial charge is 0.309 e. The quantitative estimate of drug-likeness (QED) is 0.296. The van der Waals surface area contributed by atoms with E-state index >= 15 is 0 Å². The van der Waals surface area contributed by atoms with Crippen molar-refractivity contribution in [3.8, 4) is 0 Å². The van der Waals surface area contributed by atoms with Crippen LogP contribution >= 0.6 is 23.1 Å². The minimum atomic E-state index is 0.175. The minimum absolute atomic E-state index is 0.175. The van der Waals surface area contributed by atoms with Crippen LogP contribution in [0.3, 0.4) is 0 Å². The summed E-state index contributed by atoms with van der Waals surface area (Å²) in [5.74, 6) is 1.12. The van der Waals surface area contributed by atoms with Crippen molar-refractivity contribution in [2.75, 3.05) is 37.8 Å². The maximum Gasteiger partial charge on any atom is 0.228 e. The van der Waals surface area contributed by atoms with Crippen molar-refractivity contribution in [2.45, 2.75) is 38.0 Å². The molecule has 1 aromatic heterocycles. The first-order chi connectivity index (χ1) is 14.4. The van der Waals surface area contributed by atoms with Crippen LogP contribution in [-0.4, -0.2) is 48.7 Å². The molecule has 160 valence electrons. The number of thioether (sulfide) groups is 1. The second-order valence-electron chi connectivity index (χ2n) is 7.93. The van der Waals surface area contributed by atoms with Crippen molar-refractivity contribution in [1.29, 1.82) is 0 Å². The standard InChI is InChI=1S/C24H31N3OS2/c1-18-8-11-20(12-9-18)29-16-5-7-23(28)27(15-6-14-26(3)4)24-25-21-13-10-19(2)17-22(21)30-24/h8-13,17H,5-7,14-16H2,1-4H3. The summed E-state index contributed by atoms with van der Waals surface area (Å²) < 4.78 is 1.14. The highest BCUT2D eigenvalue weighted by atomic mass is 32.2. The Kier molecular flexibility index (Phi) is 8.31. The average Bonchev–Trinajstić information content (AvgIpc) is 3.12. The van der Waals surface area contributed by atoms with Gasteiger partial charge in [-0.1, -0.05) is 35.1 Å². The van der Waals surface area contributed by atoms with Crippen LogP contribution in [0.25, 0.3) is 10.2 Å². The molecule has 0 N–H and O–H groups in total. The summed E-state index contributed by atoms with van der Waals surface area (Å²) in [4.78, 5) is 23.2. The molecule has 1 amide bonds. The molecule has 0 aliphatic heterocycles. The van der Waals surface area contributed by atoms with Crippen LogP contribution in [0, 0.1) is 13.8 Å². The van der Waals surface area contributed by atoms with E-state index in [1.54, 1.807) is 11.3 Å². The molecule has 0 unspecified atom stereocenters. The maximum absolute atomic E-state index is 13.1. The van der Waals surface area contributed by atoms with Crippen LogP contribution in [0.15, 0.2) is 47.4 Å². The number of thiazole rings is 1. The molecule has 0 fully saturated rings. The number of aromatic nitrogens is 1. The summed E-state index contributed by atoms with van der Waals surface area (Å²) >= 11 is 3.43. The van der Waals surface area contributed by atoms with E-state index in [1.165, 1.54) is 16.0 Å². The molecular formula is C24H31N3OS2. The number of carbonyl (C=O) groups excluding carboxylic acids is 1. The first-order valence-electron chi connectivity index (χ1n) is 10.4. The van der Waals surface area contributed by atoms with E-state index in [-0.39, 0.29) is 5.91 Å². The number of nitrogens with zero attached hydrogens (tertiary/aromatic N) is 3. The third-order valence-electron chi connectivity index (χ3n) is 4.88. The Balaban J connectivity index is 1.62. The van der Waals surface area contributed by atoms with Gasteiger partial charge in [0.05, 0.1) is 10.2 Å². The summed E-state index contributed by atoms with van der Waals surface area (Å²) in [6.07, 6.45) is 2.35. The molecule has 0 saturated heterocycles. The van der Waals surface area contributed by atoms with Crippen molar-refractivity contribution in [1.82, 2.24) is 9.88 Å². The van der Waals surface area contributed by atoms with Gasteiger partial charge in [0, 0.05) is 17.9 Å². The molecule has 2 aromatic carbocycles. The van der Waals surface area contributed by atoms with Crippen molar-refractivity contribution in [3.05, 3.63) is 53.6 Å². The number of amides is 1. The molecule has 0 aliphatic rings. The molecule has 30 heavy (non-hydrogen) atoms. The SMILES string of the molecule is Cc1ccc(SCCCC(=O)N(CCCN(C)C)c2nc3ccc(C)cc3s2)cc1. The highest BCUT2D eigenvalue weighted by molar-refractivity contribution is 7.99. The molecule has 0 radical (unpaired) electrons. The molecule has 4 nitrogen and oxygen atoms in total. The number of rotatable bonds is 10. The average molecular weight is 442 g/mol. The fourth-order valence-corrected chi connectivity index (χ4v) is 5.15. The minimum Gasteiger partial charge on any atom is -0.309 e. The van der Waals surface area contributed by atoms with E-state index in [0.717, 1.165) is 40.5 Å². The third-order valence-corrected chi connectivity index (χ3v) is 7.02. The number of anilines is 1. The van der Waals surface area contributed by atoms with Crippen molar-refractivity contribution in [3.63, 3.8) is 0 Å². The van der Waals surface area contributed by atoms with Crippen molar-refractivity contribution < 1.29 is 4.79 Å². The first kappa shape index (κ1) is 22.8. The molecular weight excluding hydrogens is 410 g/mol. The van der Waals surface area contributed by atoms with E-state index < -0.39 is 0 Å². The van der Waals surface area contributed by atoms with Crippen LogP contribution in [0.2, 0.25) is 0 Å². The lowest BCUT2D eigenvalue weighted by Gasteiger charge is -2.21. The van der Waals surface area contributed by atoms with Gasteiger partial charge in [0.15, 0.2) is 5.13 Å². The summed E-state index contributed by atoms with van der Waals surface area (Å²) in [6.45, 7) is 5.85. The van der Waals surface area contributed by atoms with Crippen LogP contribution in [0.5, 0.6) is 0 Å². The van der Waals surface area contributed by atoms with Crippen molar-refractivity contribution in [2.24, 2.45) is 0 Å². The van der Waals surface area contributed by atoms with Gasteiger partial charge in [-0.25, -0.2) is 4.98 Å². The van der Waals surface area contributed by atoms with Gasteiger partial charge in [-0.05, 0) is 82.9 Å². The van der Waals surface area contributed by atoms with Gasteiger partial charge in [-0.15, -0.1) is 11.8 Å². The molecule has 6 heteroatoms. The number of aryl methyl sites for hydroxylation is 2. The van der Waals surface area contributed by atoms with Gasteiger partial charge in [0.1, 0.15) is 0 Å². The van der Waals surface area contributed by atoms with E-state index in [1.807, 2.05) is 22.7 Å². The normalized spacial score (nSPS) is 11.4. The summed E-state index contributed by atoms with van der Waals surface area (Å²) in [5, 5.41) is 0.825. The molecule has 1 heterocycles. The zero-order valence-electron chi connectivity index (χ0n) is 18.4. The Morgan fingerprint density at radius 2 is 1.73 bits per heavy atom. The van der Waals surface area contributed by atoms with E-state index in [2.05, 4.69) is 69.2 Å². The van der Waals surface area contributed by atoms with Crippen molar-refractivity contribution >= 4 is 44.4 Å². The summed E-state index contributed by atoms with van der Waals surface area (Å²) in [7, 11) is 4.13. The fraction of sp³-hybridized carbons (Fsp3) is 0.417. The van der Waals surface area contributed by atoms with Gasteiger partial charge in [-0.2, -0.15) is 0 Å². The highest BCUT2D eigenvalue weighted by Gasteiger charge is 2.19. The highest BCUT2D eigenvalue weighted by Crippen LogP contribution is 2.30. The lowest BCUT2D eigenvalue weighted by Crippen LogP contribution is -2.33.